The van der Waals surface area contributed by atoms with E-state index in [-0.39, 0.29) is 11.5 Å². The number of piperidine rings is 1. The Morgan fingerprint density at radius 1 is 1.04 bits per heavy atom. The van der Waals surface area contributed by atoms with Gasteiger partial charge in [0.25, 0.3) is 0 Å². The molecule has 6 nitrogen and oxygen atoms in total. The minimum Gasteiger partial charge on any atom is -0.378 e. The zero-order valence-electron chi connectivity index (χ0n) is 14.9. The highest BCUT2D eigenvalue weighted by molar-refractivity contribution is 5.77. The smallest absolute Gasteiger partial charge is 0.248 e. The minimum absolute atomic E-state index is 0.104. The Kier molecular flexibility index (Phi) is 4.67. The molecule has 4 rings (SSSR count). The van der Waals surface area contributed by atoms with E-state index in [1.165, 1.54) is 16.3 Å². The molecule has 3 aliphatic heterocycles. The highest BCUT2D eigenvalue weighted by atomic mass is 16.7. The first-order valence-electron chi connectivity index (χ1n) is 9.23. The Labute approximate surface area is 149 Å². The van der Waals surface area contributed by atoms with Crippen LogP contribution in [0.3, 0.4) is 0 Å². The molecule has 1 spiro atoms. The lowest BCUT2D eigenvalue weighted by molar-refractivity contribution is -0.199. The van der Waals surface area contributed by atoms with E-state index in [9.17, 15) is 4.79 Å². The van der Waals surface area contributed by atoms with Crippen molar-refractivity contribution in [3.8, 4) is 0 Å². The maximum atomic E-state index is 11.8. The number of amides is 1. The van der Waals surface area contributed by atoms with E-state index in [0.717, 1.165) is 58.8 Å². The Hall–Kier alpha value is -1.63. The van der Waals surface area contributed by atoms with Gasteiger partial charge in [-0.1, -0.05) is 12.1 Å². The molecule has 0 atom stereocenters. The fraction of sp³-hybridized carbons (Fsp3) is 0.632. The summed E-state index contributed by atoms with van der Waals surface area (Å²) in [7, 11) is 1.72. The van der Waals surface area contributed by atoms with Crippen molar-refractivity contribution >= 4 is 11.6 Å². The highest BCUT2D eigenvalue weighted by Crippen LogP contribution is 2.36. The monoisotopic (exact) mass is 345 g/mol. The van der Waals surface area contributed by atoms with Crippen LogP contribution >= 0.6 is 0 Å². The van der Waals surface area contributed by atoms with E-state index in [4.69, 9.17) is 9.57 Å². The van der Waals surface area contributed by atoms with Crippen LogP contribution in [0.2, 0.25) is 0 Å². The number of ether oxygens (including phenoxy) is 1. The molecular formula is C19H27N3O3. The van der Waals surface area contributed by atoms with Gasteiger partial charge in [-0.25, -0.2) is 5.06 Å². The van der Waals surface area contributed by atoms with Gasteiger partial charge in [0.1, 0.15) is 5.60 Å². The number of rotatable bonds is 3. The van der Waals surface area contributed by atoms with Gasteiger partial charge in [0, 0.05) is 45.5 Å². The highest BCUT2D eigenvalue weighted by Gasteiger charge is 2.45. The number of nitrogens with zero attached hydrogens (tertiary/aromatic N) is 3. The molecule has 3 aliphatic rings. The largest absolute Gasteiger partial charge is 0.378 e. The Bertz CT molecular complexity index is 605. The summed E-state index contributed by atoms with van der Waals surface area (Å²) in [5.74, 6) is 0.104. The van der Waals surface area contributed by atoms with E-state index < -0.39 is 0 Å². The Balaban J connectivity index is 1.30. The standard InChI is InChI=1S/C19H27N3O3/c1-20-18(23)14-19(25-20)6-8-21(9-7-19)15-16-2-4-17(5-3-16)22-10-12-24-13-11-22/h2-5H,6-15H2,1H3. The molecular weight excluding hydrogens is 318 g/mol. The van der Waals surface area contributed by atoms with Gasteiger partial charge in [0.15, 0.2) is 0 Å². The molecule has 0 bridgehead atoms. The number of anilines is 1. The number of likely N-dealkylation sites (tertiary alicyclic amines) is 1. The lowest BCUT2D eigenvalue weighted by Crippen LogP contribution is -2.44. The average Bonchev–Trinajstić information content (AvgIpc) is 2.92. The van der Waals surface area contributed by atoms with Gasteiger partial charge in [-0.2, -0.15) is 0 Å². The van der Waals surface area contributed by atoms with E-state index in [2.05, 4.69) is 34.1 Å². The second kappa shape index (κ2) is 6.94. The molecule has 0 radical (unpaired) electrons. The van der Waals surface area contributed by atoms with E-state index in [1.54, 1.807) is 7.05 Å². The van der Waals surface area contributed by atoms with Crippen molar-refractivity contribution < 1.29 is 14.4 Å². The number of benzene rings is 1. The molecule has 3 heterocycles. The summed E-state index contributed by atoms with van der Waals surface area (Å²) in [6.45, 7) is 6.50. The third-order valence-corrected chi connectivity index (χ3v) is 5.64. The number of carbonyl (C=O) groups is 1. The fourth-order valence-electron chi connectivity index (χ4n) is 4.04. The summed E-state index contributed by atoms with van der Waals surface area (Å²) in [4.78, 5) is 22.4. The molecule has 0 aliphatic carbocycles. The third kappa shape index (κ3) is 3.66. The van der Waals surface area contributed by atoms with Gasteiger partial charge in [0.2, 0.25) is 5.91 Å². The van der Waals surface area contributed by atoms with Crippen LogP contribution in [0.25, 0.3) is 0 Å². The first kappa shape index (κ1) is 16.8. The molecule has 1 aromatic carbocycles. The second-order valence-corrected chi connectivity index (χ2v) is 7.38. The first-order chi connectivity index (χ1) is 12.1. The number of hydrogen-bond donors (Lipinski definition) is 0. The molecule has 0 N–H and O–H groups in total. The molecule has 3 saturated heterocycles. The van der Waals surface area contributed by atoms with E-state index >= 15 is 0 Å². The molecule has 6 heteroatoms. The maximum absolute atomic E-state index is 11.8. The zero-order valence-corrected chi connectivity index (χ0v) is 14.9. The average molecular weight is 345 g/mol. The molecule has 136 valence electrons. The number of hydroxylamine groups is 2. The fourth-order valence-corrected chi connectivity index (χ4v) is 4.04. The topological polar surface area (TPSA) is 45.2 Å². The summed E-state index contributed by atoms with van der Waals surface area (Å²) >= 11 is 0. The molecule has 0 saturated carbocycles. The van der Waals surface area contributed by atoms with Crippen molar-refractivity contribution in [2.75, 3.05) is 51.3 Å². The minimum atomic E-state index is -0.247. The number of hydrogen-bond acceptors (Lipinski definition) is 5. The SMILES string of the molecule is CN1OC2(CCN(Cc3ccc(N4CCOCC4)cc3)CC2)CC1=O. The third-order valence-electron chi connectivity index (χ3n) is 5.64. The molecule has 1 aromatic rings. The summed E-state index contributed by atoms with van der Waals surface area (Å²) in [5.41, 5.74) is 2.38. The molecule has 3 fully saturated rings. The van der Waals surface area contributed by atoms with Gasteiger partial charge < -0.3 is 9.64 Å². The summed E-state index contributed by atoms with van der Waals surface area (Å²) in [5, 5.41) is 1.42. The Morgan fingerprint density at radius 2 is 1.72 bits per heavy atom. The van der Waals surface area contributed by atoms with Crippen LogP contribution in [0.1, 0.15) is 24.8 Å². The van der Waals surface area contributed by atoms with Gasteiger partial charge in [-0.05, 0) is 30.5 Å². The van der Waals surface area contributed by atoms with Gasteiger partial charge in [-0.3, -0.25) is 14.5 Å². The predicted molar refractivity (Wildman–Crippen MR) is 95.2 cm³/mol. The van der Waals surface area contributed by atoms with Crippen molar-refractivity contribution in [3.05, 3.63) is 29.8 Å². The summed E-state index contributed by atoms with van der Waals surface area (Å²) in [6.07, 6.45) is 2.38. The number of carbonyl (C=O) groups excluding carboxylic acids is 1. The molecule has 0 unspecified atom stereocenters. The van der Waals surface area contributed by atoms with Gasteiger partial charge >= 0.3 is 0 Å². The van der Waals surface area contributed by atoms with Crippen LogP contribution < -0.4 is 4.90 Å². The van der Waals surface area contributed by atoms with Crippen LogP contribution in [0.5, 0.6) is 0 Å². The van der Waals surface area contributed by atoms with Crippen molar-refractivity contribution in [2.24, 2.45) is 0 Å². The van der Waals surface area contributed by atoms with E-state index in [1.807, 2.05) is 0 Å². The second-order valence-electron chi connectivity index (χ2n) is 7.38. The lowest BCUT2D eigenvalue weighted by atomic mass is 9.88. The van der Waals surface area contributed by atoms with Crippen LogP contribution in [-0.4, -0.2) is 67.9 Å². The van der Waals surface area contributed by atoms with Crippen LogP contribution in [0.4, 0.5) is 5.69 Å². The zero-order chi connectivity index (χ0) is 17.3. The van der Waals surface area contributed by atoms with Crippen LogP contribution in [0.15, 0.2) is 24.3 Å². The van der Waals surface area contributed by atoms with Gasteiger partial charge in [0.05, 0.1) is 19.6 Å². The van der Waals surface area contributed by atoms with Gasteiger partial charge in [-0.15, -0.1) is 0 Å². The van der Waals surface area contributed by atoms with Crippen LogP contribution in [0, 0.1) is 0 Å². The van der Waals surface area contributed by atoms with Crippen molar-refractivity contribution in [3.63, 3.8) is 0 Å². The normalized spacial score (nSPS) is 24.3. The molecule has 25 heavy (non-hydrogen) atoms. The first-order valence-corrected chi connectivity index (χ1v) is 9.23. The maximum Gasteiger partial charge on any atom is 0.248 e. The lowest BCUT2D eigenvalue weighted by Gasteiger charge is -2.37. The van der Waals surface area contributed by atoms with Crippen LogP contribution in [-0.2, 0) is 20.9 Å². The predicted octanol–water partition coefficient (Wildman–Crippen LogP) is 1.65. The molecule has 1 amide bonds. The van der Waals surface area contributed by atoms with Crippen molar-refractivity contribution in [1.82, 2.24) is 9.96 Å². The van der Waals surface area contributed by atoms with Crippen molar-refractivity contribution in [1.29, 1.82) is 0 Å². The summed E-state index contributed by atoms with van der Waals surface area (Å²) < 4.78 is 5.42. The van der Waals surface area contributed by atoms with Crippen molar-refractivity contribution in [2.45, 2.75) is 31.4 Å². The summed E-state index contributed by atoms with van der Waals surface area (Å²) in [6, 6.07) is 8.91. The molecule has 0 aromatic heterocycles. The van der Waals surface area contributed by atoms with E-state index in [0.29, 0.717) is 6.42 Å². The number of morpholine rings is 1. The Morgan fingerprint density at radius 3 is 2.32 bits per heavy atom. The quantitative estimate of drug-likeness (QED) is 0.834.